The van der Waals surface area contributed by atoms with Gasteiger partial charge in [0.2, 0.25) is 0 Å². The van der Waals surface area contributed by atoms with Crippen LogP contribution in [0.5, 0.6) is 11.5 Å². The van der Waals surface area contributed by atoms with Gasteiger partial charge in [0.15, 0.2) is 0 Å². The maximum atomic E-state index is 12.2. The van der Waals surface area contributed by atoms with E-state index in [1.165, 1.54) is 11.1 Å². The van der Waals surface area contributed by atoms with Crippen molar-refractivity contribution in [1.82, 2.24) is 0 Å². The third kappa shape index (κ3) is 5.10. The van der Waals surface area contributed by atoms with Crippen LogP contribution in [0.2, 0.25) is 0 Å². The topological polar surface area (TPSA) is 65.0 Å². The lowest BCUT2D eigenvalue weighted by Crippen LogP contribution is -2.53. The zero-order valence-electron chi connectivity index (χ0n) is 21.0. The second-order valence-electron chi connectivity index (χ2n) is 10.6. The predicted octanol–water partition coefficient (Wildman–Crippen LogP) is 6.55. The predicted molar refractivity (Wildman–Crippen MR) is 133 cm³/mol. The molecule has 2 aliphatic rings. The molecule has 0 aromatic heterocycles. The number of carboxylic acid groups (broad SMARTS) is 1. The average molecular weight is 467 g/mol. The quantitative estimate of drug-likeness (QED) is 0.478. The summed E-state index contributed by atoms with van der Waals surface area (Å²) in [5.74, 6) is 0.467. The van der Waals surface area contributed by atoms with Crippen LogP contribution in [0.15, 0.2) is 42.5 Å². The van der Waals surface area contributed by atoms with Crippen molar-refractivity contribution in [2.45, 2.75) is 84.0 Å². The zero-order valence-corrected chi connectivity index (χ0v) is 21.0. The van der Waals surface area contributed by atoms with Crippen LogP contribution in [0.3, 0.4) is 0 Å². The van der Waals surface area contributed by atoms with Crippen molar-refractivity contribution in [3.8, 4) is 11.5 Å². The molecule has 2 heterocycles. The summed E-state index contributed by atoms with van der Waals surface area (Å²) in [6.45, 7) is 10.8. The van der Waals surface area contributed by atoms with E-state index in [1.807, 2.05) is 32.0 Å². The van der Waals surface area contributed by atoms with Gasteiger partial charge < -0.3 is 19.3 Å². The van der Waals surface area contributed by atoms with Gasteiger partial charge >= 0.3 is 5.97 Å². The number of hydrogen-bond acceptors (Lipinski definition) is 4. The van der Waals surface area contributed by atoms with Gasteiger partial charge in [0.1, 0.15) is 29.8 Å². The van der Waals surface area contributed by atoms with E-state index >= 15 is 0 Å². The van der Waals surface area contributed by atoms with Crippen LogP contribution < -0.4 is 9.47 Å². The number of ether oxygens (including phenoxy) is 3. The Morgan fingerprint density at radius 3 is 2.56 bits per heavy atom. The van der Waals surface area contributed by atoms with Crippen LogP contribution >= 0.6 is 0 Å². The van der Waals surface area contributed by atoms with Crippen molar-refractivity contribution in [3.63, 3.8) is 0 Å². The summed E-state index contributed by atoms with van der Waals surface area (Å²) in [5.41, 5.74) is 3.03. The molecular formula is C29H38O5. The number of aliphatic carboxylic acids is 1. The summed E-state index contributed by atoms with van der Waals surface area (Å²) in [6.07, 6.45) is 3.03. The smallest absolute Gasteiger partial charge is 0.309 e. The third-order valence-corrected chi connectivity index (χ3v) is 7.39. The third-order valence-electron chi connectivity index (χ3n) is 7.39. The van der Waals surface area contributed by atoms with Crippen LogP contribution in [0.4, 0.5) is 0 Å². The summed E-state index contributed by atoms with van der Waals surface area (Å²) in [5, 5.41) is 10.0. The summed E-state index contributed by atoms with van der Waals surface area (Å²) in [6, 6.07) is 14.4. The van der Waals surface area contributed by atoms with Gasteiger partial charge in [0.25, 0.3) is 0 Å². The number of hydrogen-bond donors (Lipinski definition) is 1. The highest BCUT2D eigenvalue weighted by molar-refractivity contribution is 5.71. The molecule has 5 heteroatoms. The maximum absolute atomic E-state index is 12.2. The molecule has 0 unspecified atom stereocenters. The number of carboxylic acids is 1. The maximum Gasteiger partial charge on any atom is 0.309 e. The van der Waals surface area contributed by atoms with Gasteiger partial charge in [-0.2, -0.15) is 0 Å². The zero-order chi connectivity index (χ0) is 24.5. The summed E-state index contributed by atoms with van der Waals surface area (Å²) in [7, 11) is 0. The first kappa shape index (κ1) is 24.6. The normalized spacial score (nSPS) is 25.2. The van der Waals surface area contributed by atoms with E-state index in [4.69, 9.17) is 14.2 Å². The first-order valence-electron chi connectivity index (χ1n) is 12.6. The van der Waals surface area contributed by atoms with Crippen molar-refractivity contribution >= 4 is 5.97 Å². The SMILES string of the molecule is CCCCc1ccc2c(c1)[C@H]1O[C@@H](COc3ccc(C(C)C)cc3)[C@@H](C(=O)O)C[C@@H]1C(C)(C)O2. The van der Waals surface area contributed by atoms with Crippen molar-refractivity contribution in [1.29, 1.82) is 0 Å². The molecule has 2 aromatic rings. The molecular weight excluding hydrogens is 428 g/mol. The van der Waals surface area contributed by atoms with Crippen molar-refractivity contribution < 1.29 is 24.1 Å². The molecule has 2 aromatic carbocycles. The van der Waals surface area contributed by atoms with Gasteiger partial charge in [-0.05, 0) is 74.4 Å². The standard InChI is InChI=1S/C29H38O5/c1-6-7-8-19-9-14-25-22(15-19)27-24(29(4,5)34-25)16-23(28(30)31)26(33-27)17-32-21-12-10-20(11-13-21)18(2)3/h9-15,18,23-24,26-27H,6-8,16-17H2,1-5H3,(H,30,31)/t23-,24-,26-,27+/m0/s1. The molecule has 1 N–H and O–H groups in total. The molecule has 0 bridgehead atoms. The minimum Gasteiger partial charge on any atom is -0.491 e. The number of benzene rings is 2. The van der Waals surface area contributed by atoms with Crippen molar-refractivity contribution in [2.75, 3.05) is 6.61 Å². The molecule has 2 aliphatic heterocycles. The van der Waals surface area contributed by atoms with E-state index in [2.05, 4.69) is 45.0 Å². The van der Waals surface area contributed by atoms with E-state index < -0.39 is 23.6 Å². The molecule has 5 nitrogen and oxygen atoms in total. The number of unbranched alkanes of at least 4 members (excludes halogenated alkanes) is 1. The minimum atomic E-state index is -0.847. The lowest BCUT2D eigenvalue weighted by molar-refractivity contribution is -0.192. The lowest BCUT2D eigenvalue weighted by atomic mass is 9.71. The molecule has 1 saturated heterocycles. The van der Waals surface area contributed by atoms with Crippen molar-refractivity contribution in [3.05, 3.63) is 59.2 Å². The van der Waals surface area contributed by atoms with E-state index in [-0.39, 0.29) is 18.6 Å². The lowest BCUT2D eigenvalue weighted by Gasteiger charge is -2.50. The molecule has 0 saturated carbocycles. The number of rotatable bonds is 8. The molecule has 0 aliphatic carbocycles. The van der Waals surface area contributed by atoms with Crippen LogP contribution in [0, 0.1) is 11.8 Å². The Labute approximate surface area is 203 Å². The fourth-order valence-electron chi connectivity index (χ4n) is 5.22. The highest BCUT2D eigenvalue weighted by atomic mass is 16.6. The molecule has 0 amide bonds. The van der Waals surface area contributed by atoms with Gasteiger partial charge in [0.05, 0.1) is 12.0 Å². The van der Waals surface area contributed by atoms with Gasteiger partial charge in [-0.15, -0.1) is 0 Å². The Balaban J connectivity index is 1.58. The first-order chi connectivity index (χ1) is 16.2. The Kier molecular flexibility index (Phi) is 7.22. The fourth-order valence-corrected chi connectivity index (χ4v) is 5.22. The van der Waals surface area contributed by atoms with Gasteiger partial charge in [-0.3, -0.25) is 4.79 Å². The Morgan fingerprint density at radius 1 is 1.18 bits per heavy atom. The highest BCUT2D eigenvalue weighted by Crippen LogP contribution is 2.52. The Hall–Kier alpha value is -2.53. The first-order valence-corrected chi connectivity index (χ1v) is 12.6. The Bertz CT molecular complexity index is 994. The van der Waals surface area contributed by atoms with Crippen molar-refractivity contribution in [2.24, 2.45) is 11.8 Å². The van der Waals surface area contributed by atoms with Crippen LogP contribution in [0.1, 0.15) is 82.6 Å². The molecule has 4 atom stereocenters. The number of carbonyl (C=O) groups is 1. The summed E-state index contributed by atoms with van der Waals surface area (Å²) < 4.78 is 19.0. The summed E-state index contributed by atoms with van der Waals surface area (Å²) in [4.78, 5) is 12.2. The number of aryl methyl sites for hydroxylation is 1. The minimum absolute atomic E-state index is 0.0518. The van der Waals surface area contributed by atoms with Gasteiger partial charge in [0, 0.05) is 11.5 Å². The summed E-state index contributed by atoms with van der Waals surface area (Å²) >= 11 is 0. The van der Waals surface area contributed by atoms with Crippen LogP contribution in [0.25, 0.3) is 0 Å². The fraction of sp³-hybridized carbons (Fsp3) is 0.552. The van der Waals surface area contributed by atoms with Crippen LogP contribution in [-0.2, 0) is 16.0 Å². The monoisotopic (exact) mass is 466 g/mol. The van der Waals surface area contributed by atoms with Gasteiger partial charge in [-0.1, -0.05) is 45.4 Å². The average Bonchev–Trinajstić information content (AvgIpc) is 2.81. The Morgan fingerprint density at radius 2 is 1.91 bits per heavy atom. The van der Waals surface area contributed by atoms with Gasteiger partial charge in [-0.25, -0.2) is 0 Å². The molecule has 0 radical (unpaired) electrons. The second-order valence-corrected chi connectivity index (χ2v) is 10.6. The van der Waals surface area contributed by atoms with E-state index in [9.17, 15) is 9.90 Å². The van der Waals surface area contributed by atoms with E-state index in [0.29, 0.717) is 12.3 Å². The van der Waals surface area contributed by atoms with E-state index in [1.54, 1.807) is 0 Å². The molecule has 4 rings (SSSR count). The molecule has 34 heavy (non-hydrogen) atoms. The highest BCUT2D eigenvalue weighted by Gasteiger charge is 2.52. The molecule has 184 valence electrons. The molecule has 0 spiro atoms. The molecule has 1 fully saturated rings. The van der Waals surface area contributed by atoms with Crippen LogP contribution in [-0.4, -0.2) is 29.4 Å². The van der Waals surface area contributed by atoms with E-state index in [0.717, 1.165) is 36.3 Å². The largest absolute Gasteiger partial charge is 0.491 e. The second kappa shape index (κ2) is 9.99. The number of fused-ring (bicyclic) bond motifs is 3.